The van der Waals surface area contributed by atoms with E-state index in [1.807, 2.05) is 6.92 Å². The van der Waals surface area contributed by atoms with Crippen LogP contribution in [0.3, 0.4) is 0 Å². The summed E-state index contributed by atoms with van der Waals surface area (Å²) in [6, 6.07) is 4.72. The van der Waals surface area contributed by atoms with Gasteiger partial charge in [-0.05, 0) is 26.0 Å². The molecule has 0 aliphatic heterocycles. The number of benzene rings is 1. The number of hydrogen-bond donors (Lipinski definition) is 4. The van der Waals surface area contributed by atoms with Crippen LogP contribution in [0.1, 0.15) is 24.2 Å². The predicted molar refractivity (Wildman–Crippen MR) is 72.1 cm³/mol. The highest BCUT2D eigenvalue weighted by Crippen LogP contribution is 2.19. The monoisotopic (exact) mass is 268 g/mol. The molecule has 0 saturated carbocycles. The number of ether oxygens (including phenoxy) is 1. The molecule has 0 heterocycles. The van der Waals surface area contributed by atoms with E-state index in [-0.39, 0.29) is 12.5 Å². The molecule has 1 amide bonds. The standard InChI is InChI=1S/C13H20N2O4/c1-3-19-11-5-9(4-10(14)6-11)12(17)15-7-13(2,18)8-16/h4-6,16,18H,3,7-8,14H2,1-2H3,(H,15,17). The fourth-order valence-corrected chi connectivity index (χ4v) is 1.43. The van der Waals surface area contributed by atoms with E-state index in [0.717, 1.165) is 0 Å². The highest BCUT2D eigenvalue weighted by Gasteiger charge is 2.20. The molecule has 0 fully saturated rings. The van der Waals surface area contributed by atoms with E-state index in [1.54, 1.807) is 12.1 Å². The number of nitrogens with two attached hydrogens (primary N) is 1. The Kier molecular flexibility index (Phi) is 5.14. The summed E-state index contributed by atoms with van der Waals surface area (Å²) in [5.74, 6) is 0.128. The first-order valence-electron chi connectivity index (χ1n) is 6.03. The minimum absolute atomic E-state index is 0.0545. The highest BCUT2D eigenvalue weighted by atomic mass is 16.5. The van der Waals surface area contributed by atoms with Crippen LogP contribution in [0.4, 0.5) is 5.69 Å². The van der Waals surface area contributed by atoms with Gasteiger partial charge < -0.3 is 26.0 Å². The smallest absolute Gasteiger partial charge is 0.251 e. The van der Waals surface area contributed by atoms with Gasteiger partial charge in [-0.3, -0.25) is 4.79 Å². The summed E-state index contributed by atoms with van der Waals surface area (Å²) in [6.45, 7) is 3.25. The first kappa shape index (κ1) is 15.3. The molecule has 1 aromatic rings. The fraction of sp³-hybridized carbons (Fsp3) is 0.462. The van der Waals surface area contributed by atoms with Gasteiger partial charge >= 0.3 is 0 Å². The lowest BCUT2D eigenvalue weighted by atomic mass is 10.1. The Hall–Kier alpha value is -1.79. The molecule has 0 aliphatic carbocycles. The topological polar surface area (TPSA) is 105 Å². The van der Waals surface area contributed by atoms with E-state index in [1.165, 1.54) is 13.0 Å². The molecule has 19 heavy (non-hydrogen) atoms. The maximum atomic E-state index is 11.9. The molecule has 0 spiro atoms. The first-order chi connectivity index (χ1) is 8.88. The second kappa shape index (κ2) is 6.40. The van der Waals surface area contributed by atoms with Crippen molar-refractivity contribution in [3.63, 3.8) is 0 Å². The summed E-state index contributed by atoms with van der Waals surface area (Å²) in [5.41, 5.74) is 5.10. The lowest BCUT2D eigenvalue weighted by Gasteiger charge is -2.20. The zero-order chi connectivity index (χ0) is 14.5. The third kappa shape index (κ3) is 4.76. The van der Waals surface area contributed by atoms with Crippen LogP contribution in [0.2, 0.25) is 0 Å². The van der Waals surface area contributed by atoms with E-state index < -0.39 is 12.2 Å². The molecule has 1 rings (SSSR count). The largest absolute Gasteiger partial charge is 0.494 e. The summed E-state index contributed by atoms with van der Waals surface area (Å²) < 4.78 is 5.29. The molecule has 1 unspecified atom stereocenters. The highest BCUT2D eigenvalue weighted by molar-refractivity contribution is 5.95. The number of carbonyl (C=O) groups is 1. The maximum absolute atomic E-state index is 11.9. The summed E-state index contributed by atoms with van der Waals surface area (Å²) in [4.78, 5) is 11.9. The summed E-state index contributed by atoms with van der Waals surface area (Å²) >= 11 is 0. The Morgan fingerprint density at radius 1 is 1.47 bits per heavy atom. The number of aliphatic hydroxyl groups excluding tert-OH is 1. The van der Waals surface area contributed by atoms with Crippen molar-refractivity contribution in [1.82, 2.24) is 5.32 Å². The van der Waals surface area contributed by atoms with Gasteiger partial charge in [0.15, 0.2) is 0 Å². The van der Waals surface area contributed by atoms with E-state index in [2.05, 4.69) is 5.32 Å². The van der Waals surface area contributed by atoms with Gasteiger partial charge in [-0.1, -0.05) is 0 Å². The molecule has 106 valence electrons. The molecule has 6 nitrogen and oxygen atoms in total. The Bertz CT molecular complexity index is 446. The van der Waals surface area contributed by atoms with Gasteiger partial charge in [0, 0.05) is 23.9 Å². The molecule has 5 N–H and O–H groups in total. The average Bonchev–Trinajstić information content (AvgIpc) is 2.36. The number of anilines is 1. The van der Waals surface area contributed by atoms with Crippen LogP contribution >= 0.6 is 0 Å². The number of aliphatic hydroxyl groups is 2. The Morgan fingerprint density at radius 3 is 2.74 bits per heavy atom. The minimum Gasteiger partial charge on any atom is -0.494 e. The van der Waals surface area contributed by atoms with Crippen molar-refractivity contribution >= 4 is 11.6 Å². The van der Waals surface area contributed by atoms with Crippen molar-refractivity contribution in [2.24, 2.45) is 0 Å². The normalized spacial score (nSPS) is 13.7. The molecule has 0 aliphatic rings. The number of carbonyl (C=O) groups excluding carboxylic acids is 1. The van der Waals surface area contributed by atoms with Crippen molar-refractivity contribution in [1.29, 1.82) is 0 Å². The molecule has 0 saturated heterocycles. The van der Waals surface area contributed by atoms with Crippen molar-refractivity contribution in [3.8, 4) is 5.75 Å². The molecular weight excluding hydrogens is 248 g/mol. The number of amides is 1. The van der Waals surface area contributed by atoms with Crippen molar-refractivity contribution in [3.05, 3.63) is 23.8 Å². The SMILES string of the molecule is CCOc1cc(N)cc(C(=O)NCC(C)(O)CO)c1. The van der Waals surface area contributed by atoms with Crippen LogP contribution in [-0.2, 0) is 0 Å². The zero-order valence-electron chi connectivity index (χ0n) is 11.1. The van der Waals surface area contributed by atoms with Gasteiger partial charge in [-0.2, -0.15) is 0 Å². The van der Waals surface area contributed by atoms with Crippen molar-refractivity contribution in [2.75, 3.05) is 25.5 Å². The van der Waals surface area contributed by atoms with Crippen LogP contribution < -0.4 is 15.8 Å². The van der Waals surface area contributed by atoms with Gasteiger partial charge in [-0.15, -0.1) is 0 Å². The van der Waals surface area contributed by atoms with Crippen molar-refractivity contribution in [2.45, 2.75) is 19.4 Å². The quantitative estimate of drug-likeness (QED) is 0.549. The lowest BCUT2D eigenvalue weighted by molar-refractivity contribution is 0.00320. The third-order valence-electron chi connectivity index (χ3n) is 2.47. The maximum Gasteiger partial charge on any atom is 0.251 e. The minimum atomic E-state index is -1.35. The van der Waals surface area contributed by atoms with Crippen LogP contribution in [0.5, 0.6) is 5.75 Å². The van der Waals surface area contributed by atoms with Gasteiger partial charge in [0.25, 0.3) is 5.91 Å². The fourth-order valence-electron chi connectivity index (χ4n) is 1.43. The number of nitrogens with one attached hydrogen (secondary N) is 1. The van der Waals surface area contributed by atoms with Gasteiger partial charge in [0.2, 0.25) is 0 Å². The van der Waals surface area contributed by atoms with Crippen molar-refractivity contribution < 1.29 is 19.7 Å². The summed E-state index contributed by atoms with van der Waals surface area (Å²) in [5, 5.41) is 21.0. The third-order valence-corrected chi connectivity index (χ3v) is 2.47. The van der Waals surface area contributed by atoms with Gasteiger partial charge in [0.05, 0.1) is 13.2 Å². The molecule has 1 atom stereocenters. The molecule has 0 bridgehead atoms. The second-order valence-corrected chi connectivity index (χ2v) is 4.56. The number of nitrogen functional groups attached to an aromatic ring is 1. The summed E-state index contributed by atoms with van der Waals surface area (Å²) in [7, 11) is 0. The molecule has 6 heteroatoms. The molecule has 1 aromatic carbocycles. The zero-order valence-corrected chi connectivity index (χ0v) is 11.1. The Morgan fingerprint density at radius 2 is 2.16 bits per heavy atom. The first-order valence-corrected chi connectivity index (χ1v) is 6.03. The lowest BCUT2D eigenvalue weighted by Crippen LogP contribution is -2.43. The molecular formula is C13H20N2O4. The predicted octanol–water partition coefficient (Wildman–Crippen LogP) is 0.141. The molecule has 0 aromatic heterocycles. The summed E-state index contributed by atoms with van der Waals surface area (Å²) in [6.07, 6.45) is 0. The Labute approximate surface area is 112 Å². The van der Waals surface area contributed by atoms with Crippen LogP contribution in [0.25, 0.3) is 0 Å². The van der Waals surface area contributed by atoms with E-state index in [4.69, 9.17) is 15.6 Å². The van der Waals surface area contributed by atoms with E-state index in [0.29, 0.717) is 23.6 Å². The number of rotatable bonds is 6. The van der Waals surface area contributed by atoms with Crippen LogP contribution in [0.15, 0.2) is 18.2 Å². The van der Waals surface area contributed by atoms with Gasteiger partial charge in [-0.25, -0.2) is 0 Å². The average molecular weight is 268 g/mol. The van der Waals surface area contributed by atoms with E-state index >= 15 is 0 Å². The Balaban J connectivity index is 2.76. The van der Waals surface area contributed by atoms with Crippen LogP contribution in [0, 0.1) is 0 Å². The second-order valence-electron chi connectivity index (χ2n) is 4.56. The molecule has 0 radical (unpaired) electrons. The van der Waals surface area contributed by atoms with Crippen LogP contribution in [-0.4, -0.2) is 41.5 Å². The van der Waals surface area contributed by atoms with Gasteiger partial charge in [0.1, 0.15) is 11.4 Å². The number of hydrogen-bond acceptors (Lipinski definition) is 5. The van der Waals surface area contributed by atoms with E-state index in [9.17, 15) is 9.90 Å².